The van der Waals surface area contributed by atoms with Crippen molar-refractivity contribution in [1.29, 1.82) is 0 Å². The Balaban J connectivity index is 1.90. The Labute approximate surface area is 157 Å². The van der Waals surface area contributed by atoms with E-state index in [4.69, 9.17) is 0 Å². The SMILES string of the molecule is CCCCCCNC(=O)C1CCCN(C(=O)c2cc(F)ccc2Br)C1. The summed E-state index contributed by atoms with van der Waals surface area (Å²) < 4.78 is 14.0. The molecule has 2 amide bonds. The van der Waals surface area contributed by atoms with Crippen LogP contribution in [0.1, 0.15) is 55.8 Å². The highest BCUT2D eigenvalue weighted by Gasteiger charge is 2.29. The van der Waals surface area contributed by atoms with E-state index >= 15 is 0 Å². The van der Waals surface area contributed by atoms with Crippen molar-refractivity contribution in [1.82, 2.24) is 10.2 Å². The lowest BCUT2D eigenvalue weighted by atomic mass is 9.96. The van der Waals surface area contributed by atoms with E-state index in [1.165, 1.54) is 31.0 Å². The molecule has 1 aliphatic heterocycles. The zero-order valence-electron chi connectivity index (χ0n) is 14.7. The first-order chi connectivity index (χ1) is 12.0. The molecule has 1 aromatic carbocycles. The molecule has 0 aromatic heterocycles. The molecule has 0 aliphatic carbocycles. The van der Waals surface area contributed by atoms with Crippen LogP contribution in [0.25, 0.3) is 0 Å². The van der Waals surface area contributed by atoms with Gasteiger partial charge in [0.05, 0.1) is 11.5 Å². The number of hydrogen-bond acceptors (Lipinski definition) is 2. The third kappa shape index (κ3) is 5.80. The van der Waals surface area contributed by atoms with Gasteiger partial charge in [-0.05, 0) is 53.4 Å². The van der Waals surface area contributed by atoms with Crippen molar-refractivity contribution in [2.45, 2.75) is 45.4 Å². The normalized spacial score (nSPS) is 17.4. The van der Waals surface area contributed by atoms with Crippen molar-refractivity contribution in [3.8, 4) is 0 Å². The molecule has 1 saturated heterocycles. The number of amides is 2. The third-order valence-electron chi connectivity index (χ3n) is 4.57. The first-order valence-corrected chi connectivity index (χ1v) is 9.84. The fraction of sp³-hybridized carbons (Fsp3) is 0.579. The molecule has 2 rings (SSSR count). The summed E-state index contributed by atoms with van der Waals surface area (Å²) in [5, 5.41) is 2.98. The third-order valence-corrected chi connectivity index (χ3v) is 5.26. The van der Waals surface area contributed by atoms with Gasteiger partial charge in [-0.1, -0.05) is 26.2 Å². The van der Waals surface area contributed by atoms with Gasteiger partial charge < -0.3 is 10.2 Å². The van der Waals surface area contributed by atoms with E-state index < -0.39 is 5.82 Å². The highest BCUT2D eigenvalue weighted by molar-refractivity contribution is 9.10. The van der Waals surface area contributed by atoms with Crippen molar-refractivity contribution >= 4 is 27.7 Å². The largest absolute Gasteiger partial charge is 0.356 e. The van der Waals surface area contributed by atoms with Crippen LogP contribution in [0.4, 0.5) is 4.39 Å². The Morgan fingerprint density at radius 1 is 1.32 bits per heavy atom. The quantitative estimate of drug-likeness (QED) is 0.684. The van der Waals surface area contributed by atoms with Gasteiger partial charge in [0, 0.05) is 24.1 Å². The summed E-state index contributed by atoms with van der Waals surface area (Å²) in [6.45, 7) is 3.84. The summed E-state index contributed by atoms with van der Waals surface area (Å²) >= 11 is 3.30. The molecule has 1 atom stereocenters. The maximum Gasteiger partial charge on any atom is 0.255 e. The molecular weight excluding hydrogens is 387 g/mol. The maximum absolute atomic E-state index is 13.5. The average Bonchev–Trinajstić information content (AvgIpc) is 2.63. The topological polar surface area (TPSA) is 49.4 Å². The van der Waals surface area contributed by atoms with Crippen molar-refractivity contribution in [3.05, 3.63) is 34.1 Å². The molecule has 1 fully saturated rings. The molecule has 6 heteroatoms. The number of carbonyl (C=O) groups is 2. The Hall–Kier alpha value is -1.43. The molecule has 1 aromatic rings. The van der Waals surface area contributed by atoms with Crippen LogP contribution in [0, 0.1) is 11.7 Å². The number of carbonyl (C=O) groups excluding carboxylic acids is 2. The van der Waals surface area contributed by atoms with E-state index in [9.17, 15) is 14.0 Å². The number of rotatable bonds is 7. The fourth-order valence-corrected chi connectivity index (χ4v) is 3.53. The molecule has 1 heterocycles. The second kappa shape index (κ2) is 9.90. The van der Waals surface area contributed by atoms with Crippen molar-refractivity contribution in [2.75, 3.05) is 19.6 Å². The standard InChI is InChI=1S/C19H26BrFN2O2/c1-2-3-4-5-10-22-18(24)14-7-6-11-23(13-14)19(25)16-12-15(21)8-9-17(16)20/h8-9,12,14H,2-7,10-11,13H2,1H3,(H,22,24). The van der Waals surface area contributed by atoms with Crippen LogP contribution < -0.4 is 5.32 Å². The first-order valence-electron chi connectivity index (χ1n) is 9.05. The fourth-order valence-electron chi connectivity index (χ4n) is 3.12. The first kappa shape index (κ1) is 19.9. The monoisotopic (exact) mass is 412 g/mol. The van der Waals surface area contributed by atoms with Gasteiger partial charge in [-0.25, -0.2) is 4.39 Å². The molecule has 0 spiro atoms. The summed E-state index contributed by atoms with van der Waals surface area (Å²) in [5.74, 6) is -0.833. The predicted molar refractivity (Wildman–Crippen MR) is 99.9 cm³/mol. The van der Waals surface area contributed by atoms with E-state index in [1.54, 1.807) is 4.90 Å². The summed E-state index contributed by atoms with van der Waals surface area (Å²) in [6, 6.07) is 4.09. The Morgan fingerprint density at radius 3 is 2.88 bits per heavy atom. The van der Waals surface area contributed by atoms with Crippen LogP contribution in [0.15, 0.2) is 22.7 Å². The number of benzene rings is 1. The number of unbranched alkanes of at least 4 members (excludes halogenated alkanes) is 3. The zero-order valence-corrected chi connectivity index (χ0v) is 16.3. The second-order valence-corrected chi connectivity index (χ2v) is 7.42. The average molecular weight is 413 g/mol. The van der Waals surface area contributed by atoms with Gasteiger partial charge >= 0.3 is 0 Å². The Bertz CT molecular complexity index is 609. The van der Waals surface area contributed by atoms with Crippen LogP contribution in [-0.2, 0) is 4.79 Å². The summed E-state index contributed by atoms with van der Waals surface area (Å²) in [4.78, 5) is 26.7. The van der Waals surface area contributed by atoms with E-state index in [0.717, 1.165) is 25.7 Å². The number of hydrogen-bond donors (Lipinski definition) is 1. The minimum atomic E-state index is -0.440. The van der Waals surface area contributed by atoms with Crippen LogP contribution >= 0.6 is 15.9 Å². The maximum atomic E-state index is 13.5. The van der Waals surface area contributed by atoms with Gasteiger partial charge in [-0.2, -0.15) is 0 Å². The van der Waals surface area contributed by atoms with E-state index in [1.807, 2.05) is 0 Å². The molecule has 25 heavy (non-hydrogen) atoms. The van der Waals surface area contributed by atoms with Gasteiger partial charge in [-0.3, -0.25) is 9.59 Å². The second-order valence-electron chi connectivity index (χ2n) is 6.57. The highest BCUT2D eigenvalue weighted by atomic mass is 79.9. The number of halogens is 2. The number of likely N-dealkylation sites (tertiary alicyclic amines) is 1. The van der Waals surface area contributed by atoms with Gasteiger partial charge in [0.2, 0.25) is 5.91 Å². The van der Waals surface area contributed by atoms with Gasteiger partial charge in [0.1, 0.15) is 5.82 Å². The van der Waals surface area contributed by atoms with E-state index in [-0.39, 0.29) is 17.7 Å². The Kier molecular flexibility index (Phi) is 7.88. The molecule has 1 unspecified atom stereocenters. The van der Waals surface area contributed by atoms with Gasteiger partial charge in [0.25, 0.3) is 5.91 Å². The molecule has 1 aliphatic rings. The molecular formula is C19H26BrFN2O2. The predicted octanol–water partition coefficient (Wildman–Crippen LogP) is 4.14. The van der Waals surface area contributed by atoms with Crippen LogP contribution in [0.3, 0.4) is 0 Å². The lowest BCUT2D eigenvalue weighted by molar-refractivity contribution is -0.126. The van der Waals surface area contributed by atoms with Gasteiger partial charge in [0.15, 0.2) is 0 Å². The molecule has 138 valence electrons. The van der Waals surface area contributed by atoms with Crippen molar-refractivity contribution in [2.24, 2.45) is 5.92 Å². The zero-order chi connectivity index (χ0) is 18.2. The molecule has 0 bridgehead atoms. The number of nitrogens with one attached hydrogen (secondary N) is 1. The minimum absolute atomic E-state index is 0.0207. The van der Waals surface area contributed by atoms with Crippen LogP contribution in [0.2, 0.25) is 0 Å². The van der Waals surface area contributed by atoms with Crippen LogP contribution in [0.5, 0.6) is 0 Å². The summed E-state index contributed by atoms with van der Waals surface area (Å²) in [6.07, 6.45) is 6.04. The molecule has 0 saturated carbocycles. The number of piperidine rings is 1. The van der Waals surface area contributed by atoms with Gasteiger partial charge in [-0.15, -0.1) is 0 Å². The van der Waals surface area contributed by atoms with Crippen molar-refractivity contribution in [3.63, 3.8) is 0 Å². The molecule has 4 nitrogen and oxygen atoms in total. The summed E-state index contributed by atoms with van der Waals surface area (Å²) in [7, 11) is 0. The minimum Gasteiger partial charge on any atom is -0.356 e. The van der Waals surface area contributed by atoms with E-state index in [2.05, 4.69) is 28.2 Å². The number of nitrogens with zero attached hydrogens (tertiary/aromatic N) is 1. The van der Waals surface area contributed by atoms with Crippen molar-refractivity contribution < 1.29 is 14.0 Å². The van der Waals surface area contributed by atoms with E-state index in [0.29, 0.717) is 29.7 Å². The molecule has 1 N–H and O–H groups in total. The molecule has 0 radical (unpaired) electrons. The lowest BCUT2D eigenvalue weighted by Crippen LogP contribution is -2.45. The smallest absolute Gasteiger partial charge is 0.255 e. The van der Waals surface area contributed by atoms with Crippen LogP contribution in [-0.4, -0.2) is 36.3 Å². The summed E-state index contributed by atoms with van der Waals surface area (Å²) in [5.41, 5.74) is 0.306. The lowest BCUT2D eigenvalue weighted by Gasteiger charge is -2.32. The Morgan fingerprint density at radius 2 is 2.12 bits per heavy atom. The highest BCUT2D eigenvalue weighted by Crippen LogP contribution is 2.23.